The summed E-state index contributed by atoms with van der Waals surface area (Å²) in [5, 5.41) is 0. The number of benzene rings is 1. The zero-order chi connectivity index (χ0) is 13.2. The van der Waals surface area contributed by atoms with E-state index in [0.29, 0.717) is 6.07 Å². The fraction of sp³-hybridized carbons (Fsp3) is 0.400. The van der Waals surface area contributed by atoms with Crippen molar-refractivity contribution in [2.45, 2.75) is 16.6 Å². The zero-order valence-electron chi connectivity index (χ0n) is 9.32. The first-order valence-electron chi connectivity index (χ1n) is 4.80. The largest absolute Gasteiger partial charge is 0.245 e. The summed E-state index contributed by atoms with van der Waals surface area (Å²) in [5.41, 5.74) is 0. The molecular formula is C10H12BrF2NO2S. The molecule has 1 unspecified atom stereocenters. The lowest BCUT2D eigenvalue weighted by atomic mass is 10.3. The molecule has 0 heterocycles. The van der Waals surface area contributed by atoms with Crippen LogP contribution >= 0.6 is 15.9 Å². The van der Waals surface area contributed by atoms with Crippen molar-refractivity contribution in [3.8, 4) is 0 Å². The van der Waals surface area contributed by atoms with E-state index in [1.165, 1.54) is 7.05 Å². The number of hydrogen-bond donors (Lipinski definition) is 0. The van der Waals surface area contributed by atoms with Crippen molar-refractivity contribution in [1.29, 1.82) is 0 Å². The molecule has 1 rings (SSSR count). The van der Waals surface area contributed by atoms with Gasteiger partial charge < -0.3 is 0 Å². The van der Waals surface area contributed by atoms with Crippen LogP contribution in [0.4, 0.5) is 8.78 Å². The second-order valence-corrected chi connectivity index (χ2v) is 7.22. The maximum absolute atomic E-state index is 13.4. The Morgan fingerprint density at radius 1 is 1.41 bits per heavy atom. The van der Waals surface area contributed by atoms with Crippen LogP contribution in [0.15, 0.2) is 23.1 Å². The SMILES string of the molecule is CC(Br)CN(C)S(=O)(=O)c1cc(F)ccc1F. The fourth-order valence-corrected chi connectivity index (χ4v) is 3.25. The van der Waals surface area contributed by atoms with E-state index in [1.807, 2.05) is 0 Å². The Bertz CT molecular complexity index is 505. The zero-order valence-corrected chi connectivity index (χ0v) is 11.7. The van der Waals surface area contributed by atoms with E-state index in [1.54, 1.807) is 6.92 Å². The van der Waals surface area contributed by atoms with Gasteiger partial charge in [-0.1, -0.05) is 22.9 Å². The predicted molar refractivity (Wildman–Crippen MR) is 64.6 cm³/mol. The Kier molecular flexibility index (Phi) is 4.62. The first kappa shape index (κ1) is 14.5. The minimum Gasteiger partial charge on any atom is -0.207 e. The summed E-state index contributed by atoms with van der Waals surface area (Å²) in [6.45, 7) is 1.92. The van der Waals surface area contributed by atoms with E-state index >= 15 is 0 Å². The van der Waals surface area contributed by atoms with Gasteiger partial charge in [0, 0.05) is 18.4 Å². The van der Waals surface area contributed by atoms with Crippen LogP contribution in [0.25, 0.3) is 0 Å². The standard InChI is InChI=1S/C10H12BrF2NO2S/c1-7(11)6-14(2)17(15,16)10-5-8(12)3-4-9(10)13/h3-5,7H,6H2,1-2H3. The molecule has 3 nitrogen and oxygen atoms in total. The normalized spacial score (nSPS) is 14.0. The van der Waals surface area contributed by atoms with Crippen molar-refractivity contribution in [3.05, 3.63) is 29.8 Å². The minimum absolute atomic E-state index is 0.0844. The molecule has 0 N–H and O–H groups in total. The third kappa shape index (κ3) is 3.46. The first-order chi connectivity index (χ1) is 7.75. The van der Waals surface area contributed by atoms with Crippen LogP contribution in [0.2, 0.25) is 0 Å². The molecule has 0 amide bonds. The van der Waals surface area contributed by atoms with Crippen molar-refractivity contribution >= 4 is 26.0 Å². The second kappa shape index (κ2) is 5.41. The van der Waals surface area contributed by atoms with Crippen LogP contribution in [-0.4, -0.2) is 31.1 Å². The quantitative estimate of drug-likeness (QED) is 0.796. The summed E-state index contributed by atoms with van der Waals surface area (Å²) in [7, 11) is -2.68. The number of rotatable bonds is 4. The van der Waals surface area contributed by atoms with Crippen LogP contribution < -0.4 is 0 Å². The van der Waals surface area contributed by atoms with Crippen LogP contribution in [0.5, 0.6) is 0 Å². The lowest BCUT2D eigenvalue weighted by Crippen LogP contribution is -2.31. The Balaban J connectivity index is 3.17. The van der Waals surface area contributed by atoms with Gasteiger partial charge in [0.15, 0.2) is 0 Å². The van der Waals surface area contributed by atoms with Gasteiger partial charge in [-0.25, -0.2) is 17.2 Å². The fourth-order valence-electron chi connectivity index (χ4n) is 1.30. The predicted octanol–water partition coefficient (Wildman–Crippen LogP) is 2.37. The lowest BCUT2D eigenvalue weighted by Gasteiger charge is -2.18. The molecule has 17 heavy (non-hydrogen) atoms. The van der Waals surface area contributed by atoms with Gasteiger partial charge in [0.25, 0.3) is 0 Å². The summed E-state index contributed by atoms with van der Waals surface area (Å²) in [4.78, 5) is -0.730. The third-order valence-corrected chi connectivity index (χ3v) is 4.22. The van der Waals surface area contributed by atoms with Crippen LogP contribution in [0, 0.1) is 11.6 Å². The summed E-state index contributed by atoms with van der Waals surface area (Å²) in [5.74, 6) is -1.74. The molecule has 0 fully saturated rings. The number of sulfonamides is 1. The molecule has 0 saturated heterocycles. The molecule has 0 saturated carbocycles. The van der Waals surface area contributed by atoms with E-state index in [-0.39, 0.29) is 11.4 Å². The maximum Gasteiger partial charge on any atom is 0.245 e. The van der Waals surface area contributed by atoms with Gasteiger partial charge in [0.2, 0.25) is 10.0 Å². The van der Waals surface area contributed by atoms with Crippen molar-refractivity contribution in [2.24, 2.45) is 0 Å². The Morgan fingerprint density at radius 3 is 2.53 bits per heavy atom. The first-order valence-corrected chi connectivity index (χ1v) is 7.16. The smallest absolute Gasteiger partial charge is 0.207 e. The van der Waals surface area contributed by atoms with Crippen molar-refractivity contribution < 1.29 is 17.2 Å². The van der Waals surface area contributed by atoms with Gasteiger partial charge in [-0.3, -0.25) is 0 Å². The highest BCUT2D eigenvalue weighted by molar-refractivity contribution is 9.09. The molecule has 0 aliphatic carbocycles. The highest BCUT2D eigenvalue weighted by Gasteiger charge is 2.25. The maximum atomic E-state index is 13.4. The van der Waals surface area contributed by atoms with Gasteiger partial charge in [0.1, 0.15) is 16.5 Å². The average molecular weight is 328 g/mol. The van der Waals surface area contributed by atoms with Gasteiger partial charge in [-0.15, -0.1) is 0 Å². The Hall–Kier alpha value is -0.530. The number of hydrogen-bond acceptors (Lipinski definition) is 2. The molecule has 7 heteroatoms. The Labute approximate surface area is 108 Å². The monoisotopic (exact) mass is 327 g/mol. The number of nitrogens with zero attached hydrogens (tertiary/aromatic N) is 1. The third-order valence-electron chi connectivity index (χ3n) is 2.09. The van der Waals surface area contributed by atoms with E-state index in [4.69, 9.17) is 0 Å². The van der Waals surface area contributed by atoms with E-state index in [0.717, 1.165) is 16.4 Å². The molecule has 0 spiro atoms. The Morgan fingerprint density at radius 2 is 2.00 bits per heavy atom. The number of halogens is 3. The molecule has 0 aliphatic rings. The lowest BCUT2D eigenvalue weighted by molar-refractivity contribution is 0.464. The molecule has 0 aliphatic heterocycles. The average Bonchev–Trinajstić information content (AvgIpc) is 2.20. The molecule has 96 valence electrons. The molecule has 0 radical (unpaired) electrons. The molecule has 1 aromatic carbocycles. The van der Waals surface area contributed by atoms with Crippen molar-refractivity contribution in [3.63, 3.8) is 0 Å². The topological polar surface area (TPSA) is 37.4 Å². The van der Waals surface area contributed by atoms with Gasteiger partial charge in [-0.2, -0.15) is 4.31 Å². The molecule has 1 aromatic rings. The minimum atomic E-state index is -4.00. The molecule has 0 bridgehead atoms. The highest BCUT2D eigenvalue weighted by atomic mass is 79.9. The van der Waals surface area contributed by atoms with Crippen molar-refractivity contribution in [1.82, 2.24) is 4.31 Å². The van der Waals surface area contributed by atoms with Gasteiger partial charge >= 0.3 is 0 Å². The van der Waals surface area contributed by atoms with Gasteiger partial charge in [0.05, 0.1) is 0 Å². The molecule has 0 aromatic heterocycles. The summed E-state index contributed by atoms with van der Waals surface area (Å²) in [6.07, 6.45) is 0. The molecule has 1 atom stereocenters. The summed E-state index contributed by atoms with van der Waals surface area (Å²) >= 11 is 3.20. The van der Waals surface area contributed by atoms with E-state index in [2.05, 4.69) is 15.9 Å². The van der Waals surface area contributed by atoms with E-state index in [9.17, 15) is 17.2 Å². The highest BCUT2D eigenvalue weighted by Crippen LogP contribution is 2.20. The van der Waals surface area contributed by atoms with Crippen molar-refractivity contribution in [2.75, 3.05) is 13.6 Å². The van der Waals surface area contributed by atoms with Crippen LogP contribution in [0.3, 0.4) is 0 Å². The van der Waals surface area contributed by atoms with Gasteiger partial charge in [-0.05, 0) is 18.2 Å². The summed E-state index contributed by atoms with van der Waals surface area (Å²) in [6, 6.07) is 2.36. The van der Waals surface area contributed by atoms with Crippen LogP contribution in [-0.2, 0) is 10.0 Å². The number of alkyl halides is 1. The van der Waals surface area contributed by atoms with E-state index < -0.39 is 26.6 Å². The summed E-state index contributed by atoms with van der Waals surface area (Å²) < 4.78 is 51.2. The van der Waals surface area contributed by atoms with Crippen LogP contribution in [0.1, 0.15) is 6.92 Å². The molecular weight excluding hydrogens is 316 g/mol. The second-order valence-electron chi connectivity index (χ2n) is 3.64.